The number of rotatable bonds is 11. The highest BCUT2D eigenvalue weighted by molar-refractivity contribution is 5.36. The van der Waals surface area contributed by atoms with Gasteiger partial charge in [-0.2, -0.15) is 26.3 Å². The zero-order valence-electron chi connectivity index (χ0n) is 10.1. The van der Waals surface area contributed by atoms with E-state index < -0.39 is 44.5 Å². The lowest BCUT2D eigenvalue weighted by Gasteiger charge is -2.30. The molecule has 0 unspecified atom stereocenters. The van der Waals surface area contributed by atoms with Crippen molar-refractivity contribution in [2.45, 2.75) is 31.0 Å². The van der Waals surface area contributed by atoms with Gasteiger partial charge in [-0.15, -0.1) is 8.78 Å². The van der Waals surface area contributed by atoms with Gasteiger partial charge >= 0.3 is 24.6 Å². The molecular formula is C8H7F9O5. The molecule has 0 bridgehead atoms. The van der Waals surface area contributed by atoms with E-state index in [1.54, 1.807) is 0 Å². The van der Waals surface area contributed by atoms with Gasteiger partial charge in [-0.25, -0.2) is 13.9 Å². The van der Waals surface area contributed by atoms with Crippen LogP contribution in [0.25, 0.3) is 0 Å². The van der Waals surface area contributed by atoms with Crippen LogP contribution in [0.5, 0.6) is 0 Å². The maximum Gasteiger partial charge on any atom is 0.492 e. The van der Waals surface area contributed by atoms with Crippen molar-refractivity contribution in [1.29, 1.82) is 0 Å². The van der Waals surface area contributed by atoms with Crippen molar-refractivity contribution >= 4 is 6.47 Å². The Balaban J connectivity index is 4.91. The highest BCUT2D eigenvalue weighted by Gasteiger charge is 2.67. The lowest BCUT2D eigenvalue weighted by Crippen LogP contribution is -2.52. The Kier molecular flexibility index (Phi) is 6.90. The van der Waals surface area contributed by atoms with Crippen LogP contribution >= 0.6 is 0 Å². The first kappa shape index (κ1) is 20.7. The highest BCUT2D eigenvalue weighted by Crippen LogP contribution is 2.43. The van der Waals surface area contributed by atoms with Crippen LogP contribution in [0.1, 0.15) is 6.42 Å². The molecular weight excluding hydrogens is 347 g/mol. The van der Waals surface area contributed by atoms with E-state index in [0.29, 0.717) is 0 Å². The summed E-state index contributed by atoms with van der Waals surface area (Å²) in [6.07, 6.45) is -24.9. The Labute approximate surface area is 115 Å². The normalized spacial score (nSPS) is 14.0. The standard InChI is InChI=1S/C8H7F9O5/c9-3-20-8(16,17)22-7(14,15)6(12,13)21-5(10,11)1-2-19-4-18/h4H,1-3H2. The Morgan fingerprint density at radius 3 is 1.82 bits per heavy atom. The molecule has 0 heterocycles. The summed E-state index contributed by atoms with van der Waals surface area (Å²) < 4.78 is 124. The number of carbonyl (C=O) groups excluding carboxylic acids is 1. The van der Waals surface area contributed by atoms with E-state index in [2.05, 4.69) is 18.9 Å². The average Bonchev–Trinajstić information content (AvgIpc) is 2.25. The van der Waals surface area contributed by atoms with E-state index in [1.807, 2.05) is 0 Å². The number of ether oxygens (including phenoxy) is 4. The second-order valence-corrected chi connectivity index (χ2v) is 3.31. The molecule has 0 aromatic heterocycles. The third-order valence-electron chi connectivity index (χ3n) is 1.66. The van der Waals surface area contributed by atoms with Crippen molar-refractivity contribution in [2.24, 2.45) is 0 Å². The molecule has 0 saturated carbocycles. The fraction of sp³-hybridized carbons (Fsp3) is 0.875. The van der Waals surface area contributed by atoms with Crippen LogP contribution in [0.15, 0.2) is 0 Å². The van der Waals surface area contributed by atoms with Crippen molar-refractivity contribution in [3.8, 4) is 0 Å². The first-order valence-corrected chi connectivity index (χ1v) is 4.95. The second kappa shape index (κ2) is 7.32. The zero-order chi connectivity index (χ0) is 17.7. The quantitative estimate of drug-likeness (QED) is 0.247. The topological polar surface area (TPSA) is 54.0 Å². The van der Waals surface area contributed by atoms with Gasteiger partial charge in [0.1, 0.15) is 0 Å². The summed E-state index contributed by atoms with van der Waals surface area (Å²) in [5.41, 5.74) is 0. The zero-order valence-corrected chi connectivity index (χ0v) is 10.1. The molecule has 14 heteroatoms. The number of carbonyl (C=O) groups is 1. The molecule has 132 valence electrons. The molecule has 0 atom stereocenters. The van der Waals surface area contributed by atoms with Gasteiger partial charge < -0.3 is 4.74 Å². The van der Waals surface area contributed by atoms with Gasteiger partial charge in [0.25, 0.3) is 6.47 Å². The predicted octanol–water partition coefficient (Wildman–Crippen LogP) is 2.86. The van der Waals surface area contributed by atoms with Crippen LogP contribution in [0.4, 0.5) is 39.5 Å². The maximum absolute atomic E-state index is 12.8. The molecule has 0 N–H and O–H groups in total. The van der Waals surface area contributed by atoms with E-state index in [9.17, 15) is 44.3 Å². The summed E-state index contributed by atoms with van der Waals surface area (Å²) >= 11 is 0. The van der Waals surface area contributed by atoms with Crippen molar-refractivity contribution in [3.63, 3.8) is 0 Å². The Morgan fingerprint density at radius 2 is 1.36 bits per heavy atom. The first-order chi connectivity index (χ1) is 9.79. The van der Waals surface area contributed by atoms with Gasteiger partial charge in [-0.1, -0.05) is 0 Å². The van der Waals surface area contributed by atoms with Crippen molar-refractivity contribution in [1.82, 2.24) is 0 Å². The SMILES string of the molecule is O=COCCC(F)(F)OC(F)(F)C(F)(F)OC(F)(F)OCF. The van der Waals surface area contributed by atoms with E-state index in [4.69, 9.17) is 0 Å². The fourth-order valence-electron chi connectivity index (χ4n) is 0.825. The van der Waals surface area contributed by atoms with Gasteiger partial charge in [0, 0.05) is 0 Å². The van der Waals surface area contributed by atoms with Gasteiger partial charge in [-0.05, 0) is 0 Å². The lowest BCUT2D eigenvalue weighted by atomic mass is 10.4. The average molecular weight is 354 g/mol. The van der Waals surface area contributed by atoms with Crippen LogP contribution < -0.4 is 0 Å². The molecule has 0 aliphatic carbocycles. The van der Waals surface area contributed by atoms with E-state index in [0.717, 1.165) is 0 Å². The van der Waals surface area contributed by atoms with Gasteiger partial charge in [-0.3, -0.25) is 9.53 Å². The van der Waals surface area contributed by atoms with Crippen LogP contribution in [-0.2, 0) is 23.7 Å². The number of alkyl halides is 9. The van der Waals surface area contributed by atoms with Gasteiger partial charge in [0.05, 0.1) is 13.0 Å². The van der Waals surface area contributed by atoms with Crippen molar-refractivity contribution in [3.05, 3.63) is 0 Å². The second-order valence-electron chi connectivity index (χ2n) is 3.31. The molecule has 22 heavy (non-hydrogen) atoms. The maximum atomic E-state index is 12.8. The minimum Gasteiger partial charge on any atom is -0.468 e. The number of halogens is 9. The van der Waals surface area contributed by atoms with Crippen LogP contribution in [-0.4, -0.2) is 44.6 Å². The summed E-state index contributed by atoms with van der Waals surface area (Å²) in [5, 5.41) is 0. The summed E-state index contributed by atoms with van der Waals surface area (Å²) in [6, 6.07) is 0. The van der Waals surface area contributed by atoms with Crippen LogP contribution in [0.2, 0.25) is 0 Å². The largest absolute Gasteiger partial charge is 0.492 e. The molecule has 0 fully saturated rings. The lowest BCUT2D eigenvalue weighted by molar-refractivity contribution is -0.547. The first-order valence-electron chi connectivity index (χ1n) is 4.95. The predicted molar refractivity (Wildman–Crippen MR) is 45.7 cm³/mol. The third-order valence-corrected chi connectivity index (χ3v) is 1.66. The molecule has 5 nitrogen and oxygen atoms in total. The van der Waals surface area contributed by atoms with E-state index >= 15 is 0 Å². The number of hydrogen-bond donors (Lipinski definition) is 0. The summed E-state index contributed by atoms with van der Waals surface area (Å²) in [6.45, 7) is -3.93. The van der Waals surface area contributed by atoms with Crippen molar-refractivity contribution < 1.29 is 63.3 Å². The Morgan fingerprint density at radius 1 is 0.864 bits per heavy atom. The van der Waals surface area contributed by atoms with Gasteiger partial charge in [0.2, 0.25) is 0 Å². The molecule has 0 spiro atoms. The monoisotopic (exact) mass is 354 g/mol. The molecule has 0 aromatic carbocycles. The molecule has 0 aromatic rings. The Hall–Kier alpha value is -1.28. The van der Waals surface area contributed by atoms with Crippen molar-refractivity contribution in [2.75, 3.05) is 13.5 Å². The molecule has 0 aliphatic rings. The van der Waals surface area contributed by atoms with Gasteiger partial charge in [0.15, 0.2) is 6.86 Å². The fourth-order valence-corrected chi connectivity index (χ4v) is 0.825. The Bertz CT molecular complexity index is 362. The van der Waals surface area contributed by atoms with E-state index in [-0.39, 0.29) is 6.47 Å². The smallest absolute Gasteiger partial charge is 0.468 e. The third kappa shape index (κ3) is 6.65. The highest BCUT2D eigenvalue weighted by atomic mass is 19.3. The minimum atomic E-state index is -6.30. The summed E-state index contributed by atoms with van der Waals surface area (Å²) in [7, 11) is 0. The summed E-state index contributed by atoms with van der Waals surface area (Å²) in [5.74, 6) is 0. The molecule has 0 radical (unpaired) electrons. The molecule has 0 amide bonds. The number of hydrogen-bond acceptors (Lipinski definition) is 5. The molecule has 0 saturated heterocycles. The molecule has 0 rings (SSSR count). The van der Waals surface area contributed by atoms with Crippen LogP contribution in [0.3, 0.4) is 0 Å². The summed E-state index contributed by atoms with van der Waals surface area (Å²) in [4.78, 5) is 9.63. The van der Waals surface area contributed by atoms with E-state index in [1.165, 1.54) is 0 Å². The minimum absolute atomic E-state index is 0.346. The van der Waals surface area contributed by atoms with Crippen LogP contribution in [0, 0.1) is 0 Å². The molecule has 0 aliphatic heterocycles.